The summed E-state index contributed by atoms with van der Waals surface area (Å²) in [5, 5.41) is 3.24. The molecule has 8 nitrogen and oxygen atoms in total. The number of H-pyrrole nitrogens is 1. The highest BCUT2D eigenvalue weighted by atomic mass is 16.6. The van der Waals surface area contributed by atoms with E-state index in [1.165, 1.54) is 4.90 Å². The first kappa shape index (κ1) is 16.8. The average Bonchev–Trinajstić information content (AvgIpc) is 2.62. The van der Waals surface area contributed by atoms with Crippen molar-refractivity contribution in [1.29, 1.82) is 0 Å². The number of hydrogen-bond donors (Lipinski definition) is 2. The average molecular weight is 364 g/mol. The predicted molar refractivity (Wildman–Crippen MR) is 99.0 cm³/mol. The fourth-order valence-corrected chi connectivity index (χ4v) is 2.97. The van der Waals surface area contributed by atoms with Crippen molar-refractivity contribution in [2.75, 3.05) is 12.4 Å². The van der Waals surface area contributed by atoms with Crippen molar-refractivity contribution in [2.24, 2.45) is 0 Å². The van der Waals surface area contributed by atoms with Crippen LogP contribution in [0.25, 0.3) is 10.9 Å². The summed E-state index contributed by atoms with van der Waals surface area (Å²) >= 11 is 0. The number of rotatable bonds is 2. The smallest absolute Gasteiger partial charge is 0.410 e. The predicted octanol–water partition coefficient (Wildman–Crippen LogP) is 2.43. The number of aromatic amines is 1. The Morgan fingerprint density at radius 2 is 2.04 bits per heavy atom. The van der Waals surface area contributed by atoms with Gasteiger partial charge in [0.1, 0.15) is 11.6 Å². The Morgan fingerprint density at radius 1 is 1.22 bits per heavy atom. The van der Waals surface area contributed by atoms with Crippen LogP contribution in [0.3, 0.4) is 0 Å². The lowest BCUT2D eigenvalue weighted by molar-refractivity contribution is 0.102. The van der Waals surface area contributed by atoms with Crippen molar-refractivity contribution in [1.82, 2.24) is 14.9 Å². The number of benzene rings is 2. The van der Waals surface area contributed by atoms with Crippen LogP contribution in [-0.4, -0.2) is 33.9 Å². The van der Waals surface area contributed by atoms with E-state index >= 15 is 0 Å². The Hall–Kier alpha value is -3.68. The van der Waals surface area contributed by atoms with Crippen LogP contribution in [0.4, 0.5) is 10.5 Å². The maximum atomic E-state index is 12.6. The monoisotopic (exact) mass is 364 g/mol. The number of carbonyl (C=O) groups is 2. The standard InChI is InChI=1S/C19H16N4O4/c1-10-20-15-8-11(3-5-14(15)18(25)21-10)17(24)22-13-4-6-16-12(7-13)9-23(2)19(26)27-16/h3-8H,9H2,1-2H3,(H,22,24)(H,20,21,25). The van der Waals surface area contributed by atoms with Crippen molar-refractivity contribution in [3.05, 3.63) is 63.7 Å². The van der Waals surface area contributed by atoms with Crippen LogP contribution in [0, 0.1) is 6.92 Å². The Bertz CT molecular complexity index is 1150. The van der Waals surface area contributed by atoms with Crippen molar-refractivity contribution in [3.63, 3.8) is 0 Å². The summed E-state index contributed by atoms with van der Waals surface area (Å²) in [5.74, 6) is 0.650. The van der Waals surface area contributed by atoms with E-state index in [-0.39, 0.29) is 11.5 Å². The first-order valence-corrected chi connectivity index (χ1v) is 8.28. The molecule has 0 radical (unpaired) electrons. The zero-order valence-corrected chi connectivity index (χ0v) is 14.7. The van der Waals surface area contributed by atoms with Crippen molar-refractivity contribution in [2.45, 2.75) is 13.5 Å². The zero-order chi connectivity index (χ0) is 19.1. The number of anilines is 1. The minimum Gasteiger partial charge on any atom is -0.410 e. The number of hydrogen-bond acceptors (Lipinski definition) is 5. The number of amides is 2. The highest BCUT2D eigenvalue weighted by Crippen LogP contribution is 2.28. The first-order valence-electron chi connectivity index (χ1n) is 8.28. The Balaban J connectivity index is 1.61. The van der Waals surface area contributed by atoms with Gasteiger partial charge in [0.2, 0.25) is 0 Å². The second-order valence-electron chi connectivity index (χ2n) is 6.38. The van der Waals surface area contributed by atoms with E-state index in [2.05, 4.69) is 15.3 Å². The summed E-state index contributed by atoms with van der Waals surface area (Å²) in [7, 11) is 1.64. The van der Waals surface area contributed by atoms with E-state index < -0.39 is 6.09 Å². The molecule has 0 aliphatic carbocycles. The molecule has 0 bridgehead atoms. The lowest BCUT2D eigenvalue weighted by Crippen LogP contribution is -2.33. The molecule has 2 heterocycles. The molecule has 27 heavy (non-hydrogen) atoms. The second-order valence-corrected chi connectivity index (χ2v) is 6.38. The van der Waals surface area contributed by atoms with Crippen LogP contribution in [0.1, 0.15) is 21.7 Å². The molecule has 0 saturated heterocycles. The number of aromatic nitrogens is 2. The molecule has 0 unspecified atom stereocenters. The fourth-order valence-electron chi connectivity index (χ4n) is 2.97. The van der Waals surface area contributed by atoms with Crippen molar-refractivity contribution >= 4 is 28.6 Å². The molecule has 2 aromatic carbocycles. The number of nitrogens with zero attached hydrogens (tertiary/aromatic N) is 2. The number of aryl methyl sites for hydroxylation is 1. The Labute approximate surface area is 153 Å². The van der Waals surface area contributed by atoms with Gasteiger partial charge in [-0.15, -0.1) is 0 Å². The highest BCUT2D eigenvalue weighted by molar-refractivity contribution is 6.06. The van der Waals surface area contributed by atoms with Gasteiger partial charge >= 0.3 is 6.09 Å². The van der Waals surface area contributed by atoms with Gasteiger partial charge in [-0.25, -0.2) is 9.78 Å². The number of fused-ring (bicyclic) bond motifs is 2. The molecule has 0 spiro atoms. The maximum Gasteiger partial charge on any atom is 0.415 e. The summed E-state index contributed by atoms with van der Waals surface area (Å²) in [6.07, 6.45) is -0.409. The molecule has 3 aromatic rings. The van der Waals surface area contributed by atoms with Crippen LogP contribution < -0.4 is 15.6 Å². The van der Waals surface area contributed by atoms with Crippen molar-refractivity contribution in [3.8, 4) is 5.75 Å². The van der Waals surface area contributed by atoms with Gasteiger partial charge < -0.3 is 19.9 Å². The Kier molecular flexibility index (Phi) is 3.88. The van der Waals surface area contributed by atoms with E-state index in [9.17, 15) is 14.4 Å². The molecular weight excluding hydrogens is 348 g/mol. The lowest BCUT2D eigenvalue weighted by Gasteiger charge is -2.24. The minimum absolute atomic E-state index is 0.238. The SMILES string of the molecule is Cc1nc2cc(C(=O)Nc3ccc4c(c3)CN(C)C(=O)O4)ccc2c(=O)[nH]1. The third-order valence-electron chi connectivity index (χ3n) is 4.32. The van der Waals surface area contributed by atoms with Gasteiger partial charge in [-0.1, -0.05) is 0 Å². The minimum atomic E-state index is -0.409. The number of ether oxygens (including phenoxy) is 1. The molecule has 0 fully saturated rings. The van der Waals surface area contributed by atoms with Gasteiger partial charge in [-0.3, -0.25) is 9.59 Å². The molecule has 0 atom stereocenters. The van der Waals surface area contributed by atoms with E-state index in [1.807, 2.05) is 0 Å². The van der Waals surface area contributed by atoms with Gasteiger partial charge in [0.15, 0.2) is 0 Å². The molecule has 136 valence electrons. The molecule has 1 aliphatic rings. The maximum absolute atomic E-state index is 12.6. The fraction of sp³-hybridized carbons (Fsp3) is 0.158. The van der Waals surface area contributed by atoms with E-state index in [0.29, 0.717) is 40.3 Å². The Morgan fingerprint density at radius 3 is 2.85 bits per heavy atom. The van der Waals surface area contributed by atoms with Crippen LogP contribution in [-0.2, 0) is 6.54 Å². The van der Waals surface area contributed by atoms with Gasteiger partial charge in [0, 0.05) is 23.9 Å². The van der Waals surface area contributed by atoms with Gasteiger partial charge in [0.05, 0.1) is 17.4 Å². The van der Waals surface area contributed by atoms with Crippen LogP contribution in [0.5, 0.6) is 5.75 Å². The zero-order valence-electron chi connectivity index (χ0n) is 14.7. The number of carbonyl (C=O) groups excluding carboxylic acids is 2. The largest absolute Gasteiger partial charge is 0.415 e. The van der Waals surface area contributed by atoms with Crippen LogP contribution >= 0.6 is 0 Å². The molecule has 2 N–H and O–H groups in total. The van der Waals surface area contributed by atoms with Crippen LogP contribution in [0.2, 0.25) is 0 Å². The van der Waals surface area contributed by atoms with Gasteiger partial charge in [-0.05, 0) is 43.3 Å². The summed E-state index contributed by atoms with van der Waals surface area (Å²) in [4.78, 5) is 44.4. The summed E-state index contributed by atoms with van der Waals surface area (Å²) < 4.78 is 5.19. The van der Waals surface area contributed by atoms with E-state index in [0.717, 1.165) is 5.56 Å². The quantitative estimate of drug-likeness (QED) is 0.727. The molecule has 8 heteroatoms. The molecule has 1 aromatic heterocycles. The summed E-state index contributed by atoms with van der Waals surface area (Å²) in [5.41, 5.74) is 2.00. The van der Waals surface area contributed by atoms with Gasteiger partial charge in [0.25, 0.3) is 11.5 Å². The number of nitrogens with one attached hydrogen (secondary N) is 2. The first-order chi connectivity index (χ1) is 12.9. The van der Waals surface area contributed by atoms with Crippen LogP contribution in [0.15, 0.2) is 41.2 Å². The van der Waals surface area contributed by atoms with E-state index in [1.54, 1.807) is 50.4 Å². The third-order valence-corrected chi connectivity index (χ3v) is 4.32. The molecule has 1 aliphatic heterocycles. The molecule has 2 amide bonds. The highest BCUT2D eigenvalue weighted by Gasteiger charge is 2.22. The molecule has 0 saturated carbocycles. The lowest BCUT2D eigenvalue weighted by atomic mass is 10.1. The van der Waals surface area contributed by atoms with E-state index in [4.69, 9.17) is 4.74 Å². The molecule has 4 rings (SSSR count). The summed E-state index contributed by atoms with van der Waals surface area (Å²) in [6, 6.07) is 9.84. The third kappa shape index (κ3) is 3.12. The van der Waals surface area contributed by atoms with Crippen molar-refractivity contribution < 1.29 is 14.3 Å². The van der Waals surface area contributed by atoms with Gasteiger partial charge in [-0.2, -0.15) is 0 Å². The second kappa shape index (κ2) is 6.24. The topological polar surface area (TPSA) is 104 Å². The normalized spacial score (nSPS) is 13.3. The molecular formula is C19H16N4O4. The summed E-state index contributed by atoms with van der Waals surface area (Å²) in [6.45, 7) is 2.09.